The molecule has 5 aromatic rings. The fourth-order valence-electron chi connectivity index (χ4n) is 4.53. The van der Waals surface area contributed by atoms with E-state index in [4.69, 9.17) is 9.47 Å². The normalized spacial score (nSPS) is 10.6. The third-order valence-electron chi connectivity index (χ3n) is 6.64. The molecule has 5 rings (SSSR count). The zero-order valence-electron chi connectivity index (χ0n) is 23.6. The highest BCUT2D eigenvalue weighted by molar-refractivity contribution is 9.10. The smallest absolute Gasteiger partial charge is 0.414 e. The topological polar surface area (TPSA) is 101 Å². The van der Waals surface area contributed by atoms with Gasteiger partial charge in [-0.1, -0.05) is 66.7 Å². The fourth-order valence-corrected chi connectivity index (χ4v) is 4.89. The highest BCUT2D eigenvalue weighted by Crippen LogP contribution is 2.21. The van der Waals surface area contributed by atoms with Gasteiger partial charge in [-0.05, 0) is 69.2 Å². The number of halogens is 1. The molecule has 0 aliphatic rings. The van der Waals surface area contributed by atoms with Crippen LogP contribution in [0.2, 0.25) is 0 Å². The number of carbonyl (C=O) groups is 3. The van der Waals surface area contributed by atoms with Crippen molar-refractivity contribution < 1.29 is 23.9 Å². The van der Waals surface area contributed by atoms with Gasteiger partial charge in [-0.2, -0.15) is 0 Å². The lowest BCUT2D eigenvalue weighted by atomic mass is 10.1. The predicted molar refractivity (Wildman–Crippen MR) is 174 cm³/mol. The van der Waals surface area contributed by atoms with E-state index in [0.29, 0.717) is 27.1 Å². The number of pyridine rings is 1. The van der Waals surface area contributed by atoms with Crippen molar-refractivity contribution in [2.45, 2.75) is 0 Å². The van der Waals surface area contributed by atoms with Crippen LogP contribution >= 0.6 is 15.9 Å². The molecule has 1 heterocycles. The van der Waals surface area contributed by atoms with Crippen LogP contribution < -0.4 is 15.1 Å². The second-order valence-electron chi connectivity index (χ2n) is 9.61. The van der Waals surface area contributed by atoms with E-state index in [9.17, 15) is 14.4 Å². The minimum atomic E-state index is -0.640. The first-order chi connectivity index (χ1) is 21.5. The SMILES string of the molecule is O=C(Nc1ccc2ccccc2c1)OCCN(C(=O)OCCN(C(=O)c1cncc(Br)c1)c1ccccc1)c1ccccc1. The molecular weight excluding hydrogens is 624 g/mol. The molecule has 44 heavy (non-hydrogen) atoms. The Morgan fingerprint density at radius 2 is 1.30 bits per heavy atom. The molecule has 0 saturated heterocycles. The van der Waals surface area contributed by atoms with Crippen LogP contribution in [-0.4, -0.2) is 49.4 Å². The van der Waals surface area contributed by atoms with E-state index in [-0.39, 0.29) is 32.2 Å². The van der Waals surface area contributed by atoms with E-state index < -0.39 is 12.2 Å². The van der Waals surface area contributed by atoms with Gasteiger partial charge in [0.25, 0.3) is 5.91 Å². The van der Waals surface area contributed by atoms with Gasteiger partial charge in [0.2, 0.25) is 0 Å². The molecule has 0 saturated carbocycles. The minimum absolute atomic E-state index is 0.0546. The van der Waals surface area contributed by atoms with Gasteiger partial charge in [-0.3, -0.25) is 20.0 Å². The summed E-state index contributed by atoms with van der Waals surface area (Å²) in [5.41, 5.74) is 2.22. The molecule has 0 fully saturated rings. The molecule has 3 amide bonds. The third-order valence-corrected chi connectivity index (χ3v) is 7.07. The number of hydrogen-bond acceptors (Lipinski definition) is 6. The number of ether oxygens (including phenoxy) is 2. The number of benzene rings is 4. The van der Waals surface area contributed by atoms with E-state index in [1.165, 1.54) is 16.0 Å². The lowest BCUT2D eigenvalue weighted by molar-refractivity contribution is 0.0974. The van der Waals surface area contributed by atoms with Crippen molar-refractivity contribution in [3.05, 3.63) is 132 Å². The first-order valence-corrected chi connectivity index (χ1v) is 14.7. The minimum Gasteiger partial charge on any atom is -0.447 e. The average Bonchev–Trinajstić information content (AvgIpc) is 3.05. The summed E-state index contributed by atoms with van der Waals surface area (Å²) in [5, 5.41) is 4.78. The average molecular weight is 654 g/mol. The van der Waals surface area contributed by atoms with Crippen LogP contribution in [0.15, 0.2) is 126 Å². The summed E-state index contributed by atoms with van der Waals surface area (Å²) in [6.07, 6.45) is 1.81. The van der Waals surface area contributed by atoms with Crippen molar-refractivity contribution in [2.24, 2.45) is 0 Å². The van der Waals surface area contributed by atoms with E-state index in [2.05, 4.69) is 26.2 Å². The summed E-state index contributed by atoms with van der Waals surface area (Å²) in [5.74, 6) is -0.285. The monoisotopic (exact) mass is 652 g/mol. The molecule has 0 aliphatic carbocycles. The molecule has 10 heteroatoms. The van der Waals surface area contributed by atoms with Crippen molar-refractivity contribution in [1.29, 1.82) is 0 Å². The van der Waals surface area contributed by atoms with Gasteiger partial charge in [0, 0.05) is 33.9 Å². The molecule has 0 spiro atoms. The van der Waals surface area contributed by atoms with Crippen molar-refractivity contribution in [3.63, 3.8) is 0 Å². The zero-order valence-corrected chi connectivity index (χ0v) is 25.2. The van der Waals surface area contributed by atoms with Gasteiger partial charge in [-0.15, -0.1) is 0 Å². The van der Waals surface area contributed by atoms with Crippen molar-refractivity contribution in [1.82, 2.24) is 4.98 Å². The molecule has 9 nitrogen and oxygen atoms in total. The van der Waals surface area contributed by atoms with Gasteiger partial charge >= 0.3 is 12.2 Å². The number of carbonyl (C=O) groups excluding carboxylic acids is 3. The Balaban J connectivity index is 1.20. The maximum atomic E-state index is 13.4. The molecule has 0 atom stereocenters. The lowest BCUT2D eigenvalue weighted by Crippen LogP contribution is -2.38. The summed E-state index contributed by atoms with van der Waals surface area (Å²) in [7, 11) is 0. The summed E-state index contributed by atoms with van der Waals surface area (Å²) >= 11 is 3.36. The van der Waals surface area contributed by atoms with E-state index in [1.54, 1.807) is 42.6 Å². The molecule has 4 aromatic carbocycles. The molecule has 1 N–H and O–H groups in total. The Morgan fingerprint density at radius 1 is 0.682 bits per heavy atom. The molecule has 1 aromatic heterocycles. The van der Waals surface area contributed by atoms with Crippen molar-refractivity contribution in [2.75, 3.05) is 41.4 Å². The number of anilines is 3. The second-order valence-corrected chi connectivity index (χ2v) is 10.5. The van der Waals surface area contributed by atoms with Crippen LogP contribution in [0.1, 0.15) is 10.4 Å². The molecule has 0 unspecified atom stereocenters. The van der Waals surface area contributed by atoms with E-state index >= 15 is 0 Å². The molecule has 222 valence electrons. The number of para-hydroxylation sites is 2. The first kappa shape index (κ1) is 30.2. The van der Waals surface area contributed by atoms with Crippen LogP contribution in [0.3, 0.4) is 0 Å². The number of nitrogens with one attached hydrogen (secondary N) is 1. The Labute approximate surface area is 263 Å². The summed E-state index contributed by atoms with van der Waals surface area (Å²) in [6.45, 7) is 0.00881. The summed E-state index contributed by atoms with van der Waals surface area (Å²) in [6, 6.07) is 33.2. The molecule has 0 aliphatic heterocycles. The van der Waals surface area contributed by atoms with Gasteiger partial charge in [0.05, 0.1) is 18.7 Å². The maximum absolute atomic E-state index is 13.4. The highest BCUT2D eigenvalue weighted by atomic mass is 79.9. The van der Waals surface area contributed by atoms with Gasteiger partial charge in [0.15, 0.2) is 0 Å². The van der Waals surface area contributed by atoms with Crippen molar-refractivity contribution in [3.8, 4) is 0 Å². The first-order valence-electron chi connectivity index (χ1n) is 13.9. The Kier molecular flexibility index (Phi) is 10.2. The summed E-state index contributed by atoms with van der Waals surface area (Å²) < 4.78 is 11.7. The lowest BCUT2D eigenvalue weighted by Gasteiger charge is -2.25. The predicted octanol–water partition coefficient (Wildman–Crippen LogP) is 7.54. The maximum Gasteiger partial charge on any atom is 0.414 e. The Morgan fingerprint density at radius 3 is 2.00 bits per heavy atom. The van der Waals surface area contributed by atoms with Crippen LogP contribution in [0.25, 0.3) is 10.8 Å². The number of amides is 3. The van der Waals surface area contributed by atoms with Gasteiger partial charge < -0.3 is 14.4 Å². The molecular formula is C34H29BrN4O5. The quantitative estimate of drug-likeness (QED) is 0.167. The van der Waals surface area contributed by atoms with Crippen molar-refractivity contribution >= 4 is 61.9 Å². The largest absolute Gasteiger partial charge is 0.447 e. The van der Waals surface area contributed by atoms with Gasteiger partial charge in [-0.25, -0.2) is 9.59 Å². The Bertz CT molecular complexity index is 1740. The molecule has 0 bridgehead atoms. The van der Waals surface area contributed by atoms with Crippen LogP contribution in [0.4, 0.5) is 26.7 Å². The number of hydrogen-bond donors (Lipinski definition) is 1. The Hall–Kier alpha value is -5.22. The highest BCUT2D eigenvalue weighted by Gasteiger charge is 2.22. The summed E-state index contributed by atoms with van der Waals surface area (Å²) in [4.78, 5) is 46.2. The third kappa shape index (κ3) is 7.99. The van der Waals surface area contributed by atoms with Crippen LogP contribution in [0.5, 0.6) is 0 Å². The fraction of sp³-hybridized carbons (Fsp3) is 0.118. The van der Waals surface area contributed by atoms with Gasteiger partial charge in [0.1, 0.15) is 13.2 Å². The second kappa shape index (κ2) is 14.8. The van der Waals surface area contributed by atoms with Crippen LogP contribution in [-0.2, 0) is 9.47 Å². The number of rotatable bonds is 10. The number of aromatic nitrogens is 1. The number of nitrogens with zero attached hydrogens (tertiary/aromatic N) is 3. The van der Waals surface area contributed by atoms with E-state index in [0.717, 1.165) is 10.8 Å². The standard InChI is InChI=1S/C34H29BrN4O5/c35-28-21-27(23-36-24-28)32(40)38(30-11-3-1-4-12-30)17-20-44-34(42)39(31-13-5-2-6-14-31)18-19-43-33(41)37-29-16-15-25-9-7-8-10-26(25)22-29/h1-16,21-24H,17-20H2,(H,37,41). The van der Waals surface area contributed by atoms with Crippen LogP contribution in [0, 0.1) is 0 Å². The molecule has 0 radical (unpaired) electrons. The zero-order chi connectivity index (χ0) is 30.7. The van der Waals surface area contributed by atoms with E-state index in [1.807, 2.05) is 72.8 Å². The number of fused-ring (bicyclic) bond motifs is 1.